The summed E-state index contributed by atoms with van der Waals surface area (Å²) in [6, 6.07) is 3.92. The molecule has 1 heterocycles. The van der Waals surface area contributed by atoms with Gasteiger partial charge >= 0.3 is 5.97 Å². The Balaban J connectivity index is 2.70. The van der Waals surface area contributed by atoms with Crippen molar-refractivity contribution in [3.8, 4) is 0 Å². The second-order valence-corrected chi connectivity index (χ2v) is 5.38. The zero-order valence-electron chi connectivity index (χ0n) is 10.9. The second kappa shape index (κ2) is 6.54. The van der Waals surface area contributed by atoms with Gasteiger partial charge in [0.25, 0.3) is 0 Å². The third-order valence-corrected chi connectivity index (χ3v) is 4.01. The van der Waals surface area contributed by atoms with Crippen LogP contribution in [0.2, 0.25) is 0 Å². The van der Waals surface area contributed by atoms with Crippen LogP contribution in [0.25, 0.3) is 0 Å². The molecule has 0 saturated carbocycles. The van der Waals surface area contributed by atoms with Crippen LogP contribution in [0.15, 0.2) is 17.5 Å². The molecule has 1 N–H and O–H groups in total. The lowest BCUT2D eigenvalue weighted by Gasteiger charge is -2.25. The Morgan fingerprint density at radius 2 is 2.06 bits per heavy atom. The second-order valence-electron chi connectivity index (χ2n) is 4.35. The number of hydrogen-bond acceptors (Lipinski definition) is 3. The Kier molecular flexibility index (Phi) is 5.34. The molecule has 0 aromatic carbocycles. The molecule has 4 nitrogen and oxygen atoms in total. The van der Waals surface area contributed by atoms with Crippen molar-refractivity contribution < 1.29 is 14.7 Å². The lowest BCUT2D eigenvalue weighted by Crippen LogP contribution is -2.38. The summed E-state index contributed by atoms with van der Waals surface area (Å²) in [6.45, 7) is 6.31. The molecule has 2 unspecified atom stereocenters. The van der Waals surface area contributed by atoms with E-state index in [2.05, 4.69) is 0 Å². The van der Waals surface area contributed by atoms with Gasteiger partial charge in [-0.05, 0) is 18.4 Å². The van der Waals surface area contributed by atoms with Crippen molar-refractivity contribution in [2.45, 2.75) is 27.3 Å². The zero-order valence-corrected chi connectivity index (χ0v) is 11.7. The van der Waals surface area contributed by atoms with E-state index in [1.807, 2.05) is 24.4 Å². The number of amides is 1. The van der Waals surface area contributed by atoms with E-state index in [9.17, 15) is 9.59 Å². The number of carbonyl (C=O) groups is 2. The van der Waals surface area contributed by atoms with Crippen molar-refractivity contribution in [3.63, 3.8) is 0 Å². The quantitative estimate of drug-likeness (QED) is 0.863. The average molecular weight is 269 g/mol. The van der Waals surface area contributed by atoms with Gasteiger partial charge in [0.15, 0.2) is 0 Å². The minimum atomic E-state index is -0.928. The summed E-state index contributed by atoms with van der Waals surface area (Å²) in [6.07, 6.45) is 0. The average Bonchev–Trinajstić information content (AvgIpc) is 2.85. The molecule has 2 atom stereocenters. The van der Waals surface area contributed by atoms with E-state index in [0.29, 0.717) is 13.1 Å². The Hall–Kier alpha value is -1.36. The molecular formula is C13H19NO3S. The van der Waals surface area contributed by atoms with E-state index < -0.39 is 17.8 Å². The smallest absolute Gasteiger partial charge is 0.307 e. The first-order valence-electron chi connectivity index (χ1n) is 6.01. The van der Waals surface area contributed by atoms with Gasteiger partial charge in [0.1, 0.15) is 0 Å². The van der Waals surface area contributed by atoms with E-state index in [0.717, 1.165) is 4.88 Å². The number of hydrogen-bond donors (Lipinski definition) is 1. The first-order chi connectivity index (χ1) is 8.47. The van der Waals surface area contributed by atoms with Crippen LogP contribution in [0.5, 0.6) is 0 Å². The Morgan fingerprint density at radius 1 is 1.39 bits per heavy atom. The normalized spacial score (nSPS) is 13.9. The molecule has 100 valence electrons. The van der Waals surface area contributed by atoms with Crippen molar-refractivity contribution >= 4 is 23.2 Å². The topological polar surface area (TPSA) is 57.6 Å². The van der Waals surface area contributed by atoms with Crippen LogP contribution in [0.4, 0.5) is 0 Å². The highest BCUT2D eigenvalue weighted by Crippen LogP contribution is 2.18. The lowest BCUT2D eigenvalue weighted by atomic mass is 9.94. The molecular weight excluding hydrogens is 250 g/mol. The van der Waals surface area contributed by atoms with Crippen molar-refractivity contribution in [3.05, 3.63) is 22.4 Å². The Morgan fingerprint density at radius 3 is 2.50 bits per heavy atom. The van der Waals surface area contributed by atoms with Gasteiger partial charge in [0, 0.05) is 17.3 Å². The summed E-state index contributed by atoms with van der Waals surface area (Å²) in [4.78, 5) is 25.9. The number of thiophene rings is 1. The van der Waals surface area contributed by atoms with Gasteiger partial charge in [-0.2, -0.15) is 0 Å². The fourth-order valence-electron chi connectivity index (χ4n) is 1.65. The Labute approximate surface area is 111 Å². The number of aliphatic carboxylic acids is 1. The molecule has 1 aromatic rings. The molecule has 1 aromatic heterocycles. The number of nitrogens with zero attached hydrogens (tertiary/aromatic N) is 1. The minimum Gasteiger partial charge on any atom is -0.481 e. The van der Waals surface area contributed by atoms with Crippen molar-refractivity contribution in [1.82, 2.24) is 4.90 Å². The molecule has 0 aliphatic carbocycles. The van der Waals surface area contributed by atoms with Crippen LogP contribution in [0.1, 0.15) is 25.6 Å². The molecule has 0 fully saturated rings. The van der Waals surface area contributed by atoms with Crippen LogP contribution in [-0.2, 0) is 16.1 Å². The van der Waals surface area contributed by atoms with Gasteiger partial charge in [-0.15, -0.1) is 11.3 Å². The summed E-state index contributed by atoms with van der Waals surface area (Å²) in [5.74, 6) is -2.18. The highest BCUT2D eigenvalue weighted by Gasteiger charge is 2.28. The van der Waals surface area contributed by atoms with E-state index in [-0.39, 0.29) is 5.91 Å². The van der Waals surface area contributed by atoms with Crippen LogP contribution >= 0.6 is 11.3 Å². The summed E-state index contributed by atoms with van der Waals surface area (Å²) in [5.41, 5.74) is 0. The largest absolute Gasteiger partial charge is 0.481 e. The van der Waals surface area contributed by atoms with Gasteiger partial charge in [0.05, 0.1) is 12.5 Å². The molecule has 0 aliphatic rings. The Bertz CT molecular complexity index is 402. The molecule has 0 saturated heterocycles. The summed E-state index contributed by atoms with van der Waals surface area (Å²) in [7, 11) is 0. The predicted octanol–water partition coefficient (Wildman–Crippen LogP) is 2.45. The molecule has 18 heavy (non-hydrogen) atoms. The van der Waals surface area contributed by atoms with Crippen LogP contribution in [0, 0.1) is 11.8 Å². The van der Waals surface area contributed by atoms with Gasteiger partial charge in [-0.3, -0.25) is 9.59 Å². The summed E-state index contributed by atoms with van der Waals surface area (Å²) >= 11 is 1.60. The van der Waals surface area contributed by atoms with Gasteiger partial charge < -0.3 is 10.0 Å². The fraction of sp³-hybridized carbons (Fsp3) is 0.538. The fourth-order valence-corrected chi connectivity index (χ4v) is 2.37. The standard InChI is InChI=1S/C13H19NO3S/c1-4-14(8-11-6-5-7-18-11)12(15)9(2)10(3)13(16)17/h5-7,9-10H,4,8H2,1-3H3,(H,16,17). The molecule has 0 bridgehead atoms. The van der Waals surface area contributed by atoms with E-state index >= 15 is 0 Å². The number of carboxylic acid groups (broad SMARTS) is 1. The first-order valence-corrected chi connectivity index (χ1v) is 6.89. The first kappa shape index (κ1) is 14.7. The molecule has 0 radical (unpaired) electrons. The van der Waals surface area contributed by atoms with E-state index in [1.165, 1.54) is 0 Å². The highest BCUT2D eigenvalue weighted by molar-refractivity contribution is 7.09. The molecule has 0 spiro atoms. The van der Waals surface area contributed by atoms with E-state index in [1.54, 1.807) is 30.1 Å². The van der Waals surface area contributed by atoms with E-state index in [4.69, 9.17) is 5.11 Å². The monoisotopic (exact) mass is 269 g/mol. The van der Waals surface area contributed by atoms with Crippen molar-refractivity contribution in [2.24, 2.45) is 11.8 Å². The number of rotatable bonds is 6. The van der Waals surface area contributed by atoms with Gasteiger partial charge in [-0.1, -0.05) is 19.9 Å². The minimum absolute atomic E-state index is 0.0965. The summed E-state index contributed by atoms with van der Waals surface area (Å²) in [5, 5.41) is 10.9. The zero-order chi connectivity index (χ0) is 13.7. The number of carbonyl (C=O) groups excluding carboxylic acids is 1. The molecule has 1 rings (SSSR count). The molecule has 0 aliphatic heterocycles. The maximum atomic E-state index is 12.2. The predicted molar refractivity (Wildman–Crippen MR) is 71.4 cm³/mol. The van der Waals surface area contributed by atoms with Crippen molar-refractivity contribution in [2.75, 3.05) is 6.54 Å². The van der Waals surface area contributed by atoms with Gasteiger partial charge in [0.2, 0.25) is 5.91 Å². The molecule has 5 heteroatoms. The van der Waals surface area contributed by atoms with Crippen molar-refractivity contribution in [1.29, 1.82) is 0 Å². The van der Waals surface area contributed by atoms with Gasteiger partial charge in [-0.25, -0.2) is 0 Å². The number of carboxylic acids is 1. The molecule has 1 amide bonds. The third-order valence-electron chi connectivity index (χ3n) is 3.15. The maximum absolute atomic E-state index is 12.2. The third kappa shape index (κ3) is 3.57. The highest BCUT2D eigenvalue weighted by atomic mass is 32.1. The maximum Gasteiger partial charge on any atom is 0.307 e. The van der Waals surface area contributed by atoms with Crippen LogP contribution in [0.3, 0.4) is 0 Å². The van der Waals surface area contributed by atoms with Crippen LogP contribution in [-0.4, -0.2) is 28.4 Å². The van der Waals surface area contributed by atoms with Crippen LogP contribution < -0.4 is 0 Å². The lowest BCUT2D eigenvalue weighted by molar-refractivity contribution is -0.149. The summed E-state index contributed by atoms with van der Waals surface area (Å²) < 4.78 is 0. The SMILES string of the molecule is CCN(Cc1cccs1)C(=O)C(C)C(C)C(=O)O.